The number of hydrogen-bond donors (Lipinski definition) is 1. The predicted octanol–water partition coefficient (Wildman–Crippen LogP) is 2.02. The van der Waals surface area contributed by atoms with Crippen molar-refractivity contribution < 1.29 is 29.1 Å². The third-order valence-corrected chi connectivity index (χ3v) is 6.38. The van der Waals surface area contributed by atoms with Gasteiger partial charge in [0, 0.05) is 18.5 Å². The Morgan fingerprint density at radius 3 is 2.14 bits per heavy atom. The molecule has 188 valence electrons. The van der Waals surface area contributed by atoms with Gasteiger partial charge in [-0.3, -0.25) is 9.59 Å². The summed E-state index contributed by atoms with van der Waals surface area (Å²) in [5, 5.41) is 13.5. The fraction of sp³-hybridized carbons (Fsp3) is 0.429. The van der Waals surface area contributed by atoms with Crippen molar-refractivity contribution >= 4 is 17.4 Å². The highest BCUT2D eigenvalue weighted by Crippen LogP contribution is 2.39. The molecule has 0 bridgehead atoms. The van der Waals surface area contributed by atoms with E-state index in [1.165, 1.54) is 4.90 Å². The van der Waals surface area contributed by atoms with Crippen molar-refractivity contribution in [3.8, 4) is 11.5 Å². The molecule has 1 N–H and O–H groups in total. The lowest BCUT2D eigenvalue weighted by Gasteiger charge is -2.28. The smallest absolute Gasteiger partial charge is 0.295 e. The SMILES string of the molecule is CC[NH+](CC)CCCN1C(=O)C(=O)/C(=C(/[O-])c2ccc(OC)cc2)C1c1ccc(OC(C)C)cc1. The van der Waals surface area contributed by atoms with Crippen LogP contribution in [-0.4, -0.2) is 56.0 Å². The van der Waals surface area contributed by atoms with E-state index in [-0.39, 0.29) is 11.7 Å². The average molecular weight is 481 g/mol. The summed E-state index contributed by atoms with van der Waals surface area (Å²) in [6.07, 6.45) is 0.763. The maximum absolute atomic E-state index is 13.5. The highest BCUT2D eigenvalue weighted by atomic mass is 16.5. The standard InChI is InChI=1S/C28H36N2O5/c1-6-29(7-2)17-8-18-30-25(20-9-15-23(16-10-20)35-19(3)4)24(27(32)28(30)33)26(31)21-11-13-22(34-5)14-12-21/h9-16,19,25,31H,6-8,17-18H2,1-5H3/b26-24+. The van der Waals surface area contributed by atoms with Gasteiger partial charge in [-0.1, -0.05) is 30.0 Å². The lowest BCUT2D eigenvalue weighted by molar-refractivity contribution is -0.896. The van der Waals surface area contributed by atoms with Crippen LogP contribution in [0.25, 0.3) is 5.76 Å². The van der Waals surface area contributed by atoms with E-state index in [0.717, 1.165) is 26.1 Å². The summed E-state index contributed by atoms with van der Waals surface area (Å²) >= 11 is 0. The molecular formula is C28H36N2O5. The van der Waals surface area contributed by atoms with Gasteiger partial charge in [0.1, 0.15) is 11.5 Å². The van der Waals surface area contributed by atoms with Crippen LogP contribution in [0.4, 0.5) is 0 Å². The highest BCUT2D eigenvalue weighted by Gasteiger charge is 2.44. The van der Waals surface area contributed by atoms with Crippen molar-refractivity contribution in [1.82, 2.24) is 4.90 Å². The average Bonchev–Trinajstić information content (AvgIpc) is 3.11. The van der Waals surface area contributed by atoms with E-state index in [9.17, 15) is 14.7 Å². The molecule has 1 fully saturated rings. The maximum Gasteiger partial charge on any atom is 0.295 e. The van der Waals surface area contributed by atoms with E-state index in [1.807, 2.05) is 38.1 Å². The third kappa shape index (κ3) is 6.03. The minimum absolute atomic E-state index is 0.00659. The Labute approximate surface area is 207 Å². The number of carbonyl (C=O) groups is 2. The number of ketones is 1. The molecule has 1 heterocycles. The molecule has 1 saturated heterocycles. The van der Waals surface area contributed by atoms with Gasteiger partial charge in [-0.05, 0) is 63.1 Å². The van der Waals surface area contributed by atoms with Gasteiger partial charge in [0.2, 0.25) is 5.78 Å². The lowest BCUT2D eigenvalue weighted by Crippen LogP contribution is -3.11. The third-order valence-electron chi connectivity index (χ3n) is 6.38. The molecule has 3 rings (SSSR count). The predicted molar refractivity (Wildman–Crippen MR) is 133 cm³/mol. The fourth-order valence-electron chi connectivity index (χ4n) is 4.45. The number of quaternary nitrogens is 1. The molecule has 0 saturated carbocycles. The zero-order chi connectivity index (χ0) is 25.5. The van der Waals surface area contributed by atoms with Crippen molar-refractivity contribution in [2.24, 2.45) is 0 Å². The Hall–Kier alpha value is -3.32. The Bertz CT molecular complexity index is 1040. The summed E-state index contributed by atoms with van der Waals surface area (Å²) in [4.78, 5) is 29.3. The minimum atomic E-state index is -0.732. The van der Waals surface area contributed by atoms with Gasteiger partial charge >= 0.3 is 0 Å². The van der Waals surface area contributed by atoms with Crippen molar-refractivity contribution in [1.29, 1.82) is 0 Å². The van der Waals surface area contributed by atoms with Gasteiger partial charge in [0.05, 0.1) is 38.9 Å². The van der Waals surface area contributed by atoms with E-state index >= 15 is 0 Å². The second-order valence-electron chi connectivity index (χ2n) is 9.00. The first-order chi connectivity index (χ1) is 16.8. The Balaban J connectivity index is 2.01. The van der Waals surface area contributed by atoms with Gasteiger partial charge in [0.25, 0.3) is 5.91 Å². The van der Waals surface area contributed by atoms with Crippen LogP contribution in [0.3, 0.4) is 0 Å². The number of amides is 1. The molecule has 1 aliphatic rings. The molecular weight excluding hydrogens is 444 g/mol. The number of nitrogens with zero attached hydrogens (tertiary/aromatic N) is 1. The maximum atomic E-state index is 13.5. The molecule has 0 aliphatic carbocycles. The number of Topliss-reactive ketones (excluding diaryl/α,β-unsaturated/α-hetero) is 1. The molecule has 0 radical (unpaired) electrons. The van der Waals surface area contributed by atoms with Gasteiger partial charge in [0.15, 0.2) is 0 Å². The van der Waals surface area contributed by atoms with E-state index < -0.39 is 23.5 Å². The molecule has 7 heteroatoms. The van der Waals surface area contributed by atoms with Crippen LogP contribution in [0, 0.1) is 0 Å². The quantitative estimate of drug-likeness (QED) is 0.302. The van der Waals surface area contributed by atoms with E-state index in [0.29, 0.717) is 29.2 Å². The van der Waals surface area contributed by atoms with Gasteiger partial charge in [-0.25, -0.2) is 0 Å². The highest BCUT2D eigenvalue weighted by molar-refractivity contribution is 6.46. The van der Waals surface area contributed by atoms with Crippen LogP contribution in [0.15, 0.2) is 54.1 Å². The van der Waals surface area contributed by atoms with E-state index in [4.69, 9.17) is 9.47 Å². The van der Waals surface area contributed by atoms with Crippen LogP contribution < -0.4 is 19.5 Å². The van der Waals surface area contributed by atoms with Gasteiger partial charge in [-0.2, -0.15) is 0 Å². The van der Waals surface area contributed by atoms with Crippen molar-refractivity contribution in [2.45, 2.75) is 46.3 Å². The number of likely N-dealkylation sites (tertiary alicyclic amines) is 1. The second-order valence-corrected chi connectivity index (χ2v) is 9.00. The first-order valence-electron chi connectivity index (χ1n) is 12.3. The molecule has 7 nitrogen and oxygen atoms in total. The Kier molecular flexibility index (Phi) is 8.93. The van der Waals surface area contributed by atoms with Crippen molar-refractivity contribution in [2.75, 3.05) is 33.3 Å². The summed E-state index contributed by atoms with van der Waals surface area (Å²) in [5.41, 5.74) is 1.06. The number of nitrogens with one attached hydrogen (secondary N) is 1. The van der Waals surface area contributed by atoms with Gasteiger partial charge < -0.3 is 24.4 Å². The zero-order valence-electron chi connectivity index (χ0n) is 21.3. The number of ether oxygens (including phenoxy) is 2. The molecule has 1 amide bonds. The molecule has 1 aliphatic heterocycles. The van der Waals surface area contributed by atoms with Gasteiger partial charge in [-0.15, -0.1) is 0 Å². The molecule has 35 heavy (non-hydrogen) atoms. The number of rotatable bonds is 11. The normalized spacial score (nSPS) is 17.5. The van der Waals surface area contributed by atoms with E-state index in [1.54, 1.807) is 36.3 Å². The van der Waals surface area contributed by atoms with E-state index in [2.05, 4.69) is 13.8 Å². The monoisotopic (exact) mass is 480 g/mol. The first-order valence-corrected chi connectivity index (χ1v) is 12.3. The number of hydrogen-bond acceptors (Lipinski definition) is 5. The summed E-state index contributed by atoms with van der Waals surface area (Å²) in [6, 6.07) is 13.1. The molecule has 0 aromatic heterocycles. The number of carbonyl (C=O) groups excluding carboxylic acids is 2. The van der Waals surface area contributed by atoms with Crippen LogP contribution in [-0.2, 0) is 9.59 Å². The molecule has 1 atom stereocenters. The molecule has 1 unspecified atom stereocenters. The van der Waals surface area contributed by atoms with Crippen molar-refractivity contribution in [3.05, 3.63) is 65.2 Å². The summed E-state index contributed by atoms with van der Waals surface area (Å²) in [6.45, 7) is 11.4. The zero-order valence-corrected chi connectivity index (χ0v) is 21.3. The Morgan fingerprint density at radius 2 is 1.60 bits per heavy atom. The topological polar surface area (TPSA) is 83.3 Å². The molecule has 2 aromatic rings. The lowest BCUT2D eigenvalue weighted by atomic mass is 9.95. The Morgan fingerprint density at radius 1 is 1.00 bits per heavy atom. The van der Waals surface area contributed by atoms with Crippen LogP contribution >= 0.6 is 0 Å². The van der Waals surface area contributed by atoms with Crippen LogP contribution in [0.2, 0.25) is 0 Å². The molecule has 2 aromatic carbocycles. The van der Waals surface area contributed by atoms with Crippen LogP contribution in [0.1, 0.15) is 51.3 Å². The largest absolute Gasteiger partial charge is 0.872 e. The summed E-state index contributed by atoms with van der Waals surface area (Å²) in [5.74, 6) is -0.481. The summed E-state index contributed by atoms with van der Waals surface area (Å²) in [7, 11) is 1.55. The molecule has 0 spiro atoms. The minimum Gasteiger partial charge on any atom is -0.872 e. The first kappa shape index (κ1) is 26.3. The summed E-state index contributed by atoms with van der Waals surface area (Å²) < 4.78 is 10.9. The fourth-order valence-corrected chi connectivity index (χ4v) is 4.45. The van der Waals surface area contributed by atoms with Crippen molar-refractivity contribution in [3.63, 3.8) is 0 Å². The van der Waals surface area contributed by atoms with Crippen LogP contribution in [0.5, 0.6) is 11.5 Å². The number of methoxy groups -OCH3 is 1. The second kappa shape index (κ2) is 11.9. The number of benzene rings is 2.